The average molecular weight is 329 g/mol. The van der Waals surface area contributed by atoms with Gasteiger partial charge in [0, 0.05) is 25.4 Å². The summed E-state index contributed by atoms with van der Waals surface area (Å²) in [6.07, 6.45) is 1.17. The Morgan fingerprint density at radius 3 is 2.36 bits per heavy atom. The molecule has 0 aromatic carbocycles. The highest BCUT2D eigenvalue weighted by Gasteiger charge is 2.39. The number of amides is 1. The Morgan fingerprint density at radius 1 is 1.32 bits per heavy atom. The van der Waals surface area contributed by atoms with Crippen molar-refractivity contribution in [2.24, 2.45) is 0 Å². The van der Waals surface area contributed by atoms with E-state index >= 15 is 0 Å². The standard InChI is InChI=1S/C16H25ClN2O3/c1-15(2,3)22-14(20)19(6)13(16(4,5)21-7)12-10-11(17)8-9-18-12/h8-10,13H,1-7H3/t13-/m1/s1. The van der Waals surface area contributed by atoms with Gasteiger partial charge in [0.25, 0.3) is 0 Å². The van der Waals surface area contributed by atoms with Crippen LogP contribution in [-0.2, 0) is 9.47 Å². The van der Waals surface area contributed by atoms with E-state index in [1.165, 1.54) is 4.90 Å². The first-order chi connectivity index (χ1) is 9.98. The number of methoxy groups -OCH3 is 1. The first-order valence-corrected chi connectivity index (χ1v) is 7.48. The number of nitrogens with zero attached hydrogens (tertiary/aromatic N) is 2. The average Bonchev–Trinajstić information content (AvgIpc) is 2.36. The quantitative estimate of drug-likeness (QED) is 0.836. The van der Waals surface area contributed by atoms with E-state index in [-0.39, 0.29) is 0 Å². The van der Waals surface area contributed by atoms with Gasteiger partial charge in [-0.1, -0.05) is 11.6 Å². The molecule has 6 heteroatoms. The molecule has 1 amide bonds. The molecule has 5 nitrogen and oxygen atoms in total. The van der Waals surface area contributed by atoms with E-state index in [0.717, 1.165) is 0 Å². The maximum atomic E-state index is 12.4. The van der Waals surface area contributed by atoms with Crippen LogP contribution in [0.2, 0.25) is 5.02 Å². The summed E-state index contributed by atoms with van der Waals surface area (Å²) in [5.41, 5.74) is -0.592. The minimum absolute atomic E-state index is 0.439. The molecule has 1 atom stereocenters. The Kier molecular flexibility index (Phi) is 5.82. The lowest BCUT2D eigenvalue weighted by Crippen LogP contribution is -2.46. The lowest BCUT2D eigenvalue weighted by atomic mass is 9.94. The van der Waals surface area contributed by atoms with E-state index in [9.17, 15) is 4.79 Å². The maximum absolute atomic E-state index is 12.4. The molecule has 0 unspecified atom stereocenters. The van der Waals surface area contributed by atoms with Crippen LogP contribution in [-0.4, -0.2) is 41.3 Å². The molecule has 0 spiro atoms. The first kappa shape index (κ1) is 18.7. The smallest absolute Gasteiger partial charge is 0.410 e. The van der Waals surface area contributed by atoms with Gasteiger partial charge in [-0.15, -0.1) is 0 Å². The van der Waals surface area contributed by atoms with Gasteiger partial charge in [-0.05, 0) is 46.8 Å². The molecule has 0 fully saturated rings. The Morgan fingerprint density at radius 2 is 1.91 bits per heavy atom. The summed E-state index contributed by atoms with van der Waals surface area (Å²) in [6, 6.07) is 2.98. The predicted molar refractivity (Wildman–Crippen MR) is 87.1 cm³/mol. The first-order valence-electron chi connectivity index (χ1n) is 7.10. The molecule has 0 aliphatic carbocycles. The van der Waals surface area contributed by atoms with Crippen LogP contribution in [0, 0.1) is 0 Å². The van der Waals surface area contributed by atoms with Crippen molar-refractivity contribution in [3.05, 3.63) is 29.0 Å². The van der Waals surface area contributed by atoms with Crippen molar-refractivity contribution in [2.45, 2.75) is 51.9 Å². The highest BCUT2D eigenvalue weighted by Crippen LogP contribution is 2.34. The summed E-state index contributed by atoms with van der Waals surface area (Å²) in [5.74, 6) is 0. The Balaban J connectivity index is 3.19. The zero-order valence-electron chi connectivity index (χ0n) is 14.3. The van der Waals surface area contributed by atoms with E-state index in [1.807, 2.05) is 34.6 Å². The zero-order chi connectivity index (χ0) is 17.1. The third kappa shape index (κ3) is 4.85. The van der Waals surface area contributed by atoms with Crippen LogP contribution in [0.4, 0.5) is 4.79 Å². The van der Waals surface area contributed by atoms with Gasteiger partial charge in [0.2, 0.25) is 0 Å². The van der Waals surface area contributed by atoms with E-state index in [2.05, 4.69) is 4.98 Å². The van der Waals surface area contributed by atoms with E-state index in [0.29, 0.717) is 10.7 Å². The number of hydrogen-bond acceptors (Lipinski definition) is 4. The van der Waals surface area contributed by atoms with Gasteiger partial charge < -0.3 is 9.47 Å². The van der Waals surface area contributed by atoms with E-state index in [1.54, 1.807) is 32.5 Å². The number of pyridine rings is 1. The van der Waals surface area contributed by atoms with Crippen molar-refractivity contribution < 1.29 is 14.3 Å². The Labute approximate surface area is 137 Å². The third-order valence-electron chi connectivity index (χ3n) is 3.28. The summed E-state index contributed by atoms with van der Waals surface area (Å²) in [6.45, 7) is 9.26. The van der Waals surface area contributed by atoms with Crippen molar-refractivity contribution in [1.82, 2.24) is 9.88 Å². The molecule has 124 valence electrons. The molecule has 0 aliphatic heterocycles. The van der Waals surface area contributed by atoms with Gasteiger partial charge in [0.1, 0.15) is 11.6 Å². The van der Waals surface area contributed by atoms with Crippen molar-refractivity contribution in [2.75, 3.05) is 14.2 Å². The predicted octanol–water partition coefficient (Wildman–Crippen LogP) is 4.07. The van der Waals surface area contributed by atoms with Gasteiger partial charge >= 0.3 is 6.09 Å². The van der Waals surface area contributed by atoms with Crippen LogP contribution >= 0.6 is 11.6 Å². The van der Waals surface area contributed by atoms with Crippen LogP contribution in [0.5, 0.6) is 0 Å². The molecule has 1 rings (SSSR count). The third-order valence-corrected chi connectivity index (χ3v) is 3.51. The molecule has 0 N–H and O–H groups in total. The second-order valence-corrected chi connectivity index (χ2v) is 7.14. The maximum Gasteiger partial charge on any atom is 0.410 e. The molecular formula is C16H25ClN2O3. The van der Waals surface area contributed by atoms with Gasteiger partial charge in [-0.2, -0.15) is 0 Å². The SMILES string of the molecule is COC(C)(C)[C@@H](c1cc(Cl)ccn1)N(C)C(=O)OC(C)(C)C. The topological polar surface area (TPSA) is 51.7 Å². The fraction of sp³-hybridized carbons (Fsp3) is 0.625. The minimum atomic E-state index is -0.663. The lowest BCUT2D eigenvalue weighted by molar-refractivity contribution is -0.0566. The largest absolute Gasteiger partial charge is 0.444 e. The monoisotopic (exact) mass is 328 g/mol. The highest BCUT2D eigenvalue weighted by atomic mass is 35.5. The van der Waals surface area contributed by atoms with E-state index < -0.39 is 23.3 Å². The number of aromatic nitrogens is 1. The van der Waals surface area contributed by atoms with Crippen LogP contribution in [0.1, 0.15) is 46.4 Å². The summed E-state index contributed by atoms with van der Waals surface area (Å²) in [4.78, 5) is 18.2. The molecule has 0 aliphatic rings. The van der Waals surface area contributed by atoms with Crippen molar-refractivity contribution in [1.29, 1.82) is 0 Å². The molecule has 0 saturated carbocycles. The van der Waals surface area contributed by atoms with Gasteiger partial charge in [-0.3, -0.25) is 9.88 Å². The van der Waals surface area contributed by atoms with Crippen molar-refractivity contribution in [3.63, 3.8) is 0 Å². The summed E-state index contributed by atoms with van der Waals surface area (Å²) < 4.78 is 11.0. The normalized spacial score (nSPS) is 13.6. The summed E-state index contributed by atoms with van der Waals surface area (Å²) in [7, 11) is 3.27. The summed E-state index contributed by atoms with van der Waals surface area (Å²) in [5, 5.41) is 0.555. The minimum Gasteiger partial charge on any atom is -0.444 e. The number of hydrogen-bond donors (Lipinski definition) is 0. The lowest BCUT2D eigenvalue weighted by Gasteiger charge is -2.39. The Hall–Kier alpha value is -1.33. The summed E-state index contributed by atoms with van der Waals surface area (Å²) >= 11 is 6.06. The number of carbonyl (C=O) groups excluding carboxylic acids is 1. The molecule has 0 bridgehead atoms. The molecule has 1 aromatic rings. The number of carbonyl (C=O) groups is 1. The van der Waals surface area contributed by atoms with Gasteiger partial charge in [0.15, 0.2) is 0 Å². The fourth-order valence-electron chi connectivity index (χ4n) is 2.14. The molecule has 22 heavy (non-hydrogen) atoms. The van der Waals surface area contributed by atoms with Gasteiger partial charge in [-0.25, -0.2) is 4.79 Å². The molecule has 1 heterocycles. The highest BCUT2D eigenvalue weighted by molar-refractivity contribution is 6.30. The molecule has 0 saturated heterocycles. The second-order valence-electron chi connectivity index (χ2n) is 6.70. The molecule has 1 aromatic heterocycles. The van der Waals surface area contributed by atoms with Crippen LogP contribution in [0.3, 0.4) is 0 Å². The Bertz CT molecular complexity index is 526. The molecular weight excluding hydrogens is 304 g/mol. The number of halogens is 1. The number of likely N-dealkylation sites (N-methyl/N-ethyl adjacent to an activating group) is 1. The van der Waals surface area contributed by atoms with Crippen LogP contribution in [0.25, 0.3) is 0 Å². The fourth-order valence-corrected chi connectivity index (χ4v) is 2.31. The van der Waals surface area contributed by atoms with E-state index in [4.69, 9.17) is 21.1 Å². The van der Waals surface area contributed by atoms with Crippen LogP contribution < -0.4 is 0 Å². The van der Waals surface area contributed by atoms with Gasteiger partial charge in [0.05, 0.1) is 11.3 Å². The van der Waals surface area contributed by atoms with Crippen LogP contribution in [0.15, 0.2) is 18.3 Å². The number of ether oxygens (including phenoxy) is 2. The number of rotatable bonds is 4. The molecule has 0 radical (unpaired) electrons. The zero-order valence-corrected chi connectivity index (χ0v) is 15.1. The second kappa shape index (κ2) is 6.84. The van der Waals surface area contributed by atoms with Crippen molar-refractivity contribution in [3.8, 4) is 0 Å². The van der Waals surface area contributed by atoms with Crippen molar-refractivity contribution >= 4 is 17.7 Å².